The molecular weight excluding hydrogens is 430 g/mol. The van der Waals surface area contributed by atoms with Crippen LogP contribution in [0.25, 0.3) is 0 Å². The van der Waals surface area contributed by atoms with E-state index < -0.39 is 78.7 Å². The summed E-state index contributed by atoms with van der Waals surface area (Å²) in [6.45, 7) is 2.46. The van der Waals surface area contributed by atoms with E-state index in [9.17, 15) is 33.9 Å². The van der Waals surface area contributed by atoms with E-state index in [4.69, 9.17) is 21.7 Å². The van der Waals surface area contributed by atoms with Crippen LogP contribution in [0, 0.1) is 5.92 Å². The first-order valence-electron chi connectivity index (χ1n) is 9.84. The zero-order valence-corrected chi connectivity index (χ0v) is 17.9. The fourth-order valence-electron chi connectivity index (χ4n) is 2.50. The molecule has 0 radical (unpaired) electrons. The monoisotopic (exact) mass is 461 g/mol. The molecule has 0 aromatic rings. The number of carbonyl (C=O) groups is 6. The van der Waals surface area contributed by atoms with E-state index >= 15 is 0 Å². The second-order valence-electron chi connectivity index (χ2n) is 7.22. The van der Waals surface area contributed by atoms with Crippen molar-refractivity contribution in [3.8, 4) is 0 Å². The molecule has 14 nitrogen and oxygen atoms in total. The average Bonchev–Trinajstić information content (AvgIpc) is 2.71. The van der Waals surface area contributed by atoms with Crippen LogP contribution in [-0.4, -0.2) is 81.7 Å². The Hall–Kier alpha value is -3.26. The number of aliphatic hydroxyl groups excluding tert-OH is 1. The molecule has 0 aliphatic rings. The molecule has 4 amide bonds. The highest BCUT2D eigenvalue weighted by Crippen LogP contribution is 2.09. The van der Waals surface area contributed by atoms with E-state index in [1.165, 1.54) is 0 Å². The van der Waals surface area contributed by atoms with Gasteiger partial charge in [-0.25, -0.2) is 4.79 Å². The standard InChI is InChI=1S/C18H31N5O9/c1-3-8(2)14(17(30)21-10(18(31)32)6-12(20)25)23-16(29)11(7-24)22-15(28)9(19)4-5-13(26)27/h8-11,14,24H,3-7,19H2,1-2H3,(H2,20,25)(H,21,30)(H,22,28)(H,23,29)(H,26,27)(H,31,32). The lowest BCUT2D eigenvalue weighted by Gasteiger charge is -2.27. The van der Waals surface area contributed by atoms with Gasteiger partial charge in [-0.15, -0.1) is 0 Å². The van der Waals surface area contributed by atoms with Crippen molar-refractivity contribution < 1.29 is 44.1 Å². The summed E-state index contributed by atoms with van der Waals surface area (Å²) >= 11 is 0. The Balaban J connectivity index is 5.30. The Morgan fingerprint density at radius 2 is 1.47 bits per heavy atom. The van der Waals surface area contributed by atoms with Crippen LogP contribution in [0.2, 0.25) is 0 Å². The summed E-state index contributed by atoms with van der Waals surface area (Å²) < 4.78 is 0. The number of carbonyl (C=O) groups excluding carboxylic acids is 4. The van der Waals surface area contributed by atoms with E-state index in [-0.39, 0.29) is 12.8 Å². The van der Waals surface area contributed by atoms with E-state index in [0.29, 0.717) is 6.42 Å². The minimum Gasteiger partial charge on any atom is -0.481 e. The van der Waals surface area contributed by atoms with Gasteiger partial charge in [-0.1, -0.05) is 20.3 Å². The fraction of sp³-hybridized carbons (Fsp3) is 0.667. The van der Waals surface area contributed by atoms with E-state index in [1.807, 2.05) is 0 Å². The zero-order valence-electron chi connectivity index (χ0n) is 17.9. The minimum absolute atomic E-state index is 0.199. The van der Waals surface area contributed by atoms with Gasteiger partial charge in [-0.2, -0.15) is 0 Å². The second kappa shape index (κ2) is 13.9. The minimum atomic E-state index is -1.61. The van der Waals surface area contributed by atoms with Crippen molar-refractivity contribution in [3.63, 3.8) is 0 Å². The van der Waals surface area contributed by atoms with Gasteiger partial charge < -0.3 is 42.7 Å². The summed E-state index contributed by atoms with van der Waals surface area (Å²) in [5, 5.41) is 33.9. The topological polar surface area (TPSA) is 251 Å². The number of nitrogens with two attached hydrogens (primary N) is 2. The largest absolute Gasteiger partial charge is 0.481 e. The van der Waals surface area contributed by atoms with Crippen molar-refractivity contribution in [2.75, 3.05) is 6.61 Å². The molecule has 0 heterocycles. The molecule has 10 N–H and O–H groups in total. The number of nitrogens with one attached hydrogen (secondary N) is 3. The van der Waals surface area contributed by atoms with Gasteiger partial charge in [0.2, 0.25) is 23.6 Å². The SMILES string of the molecule is CCC(C)C(NC(=O)C(CO)NC(=O)C(N)CCC(=O)O)C(=O)NC(CC(N)=O)C(=O)O. The first kappa shape index (κ1) is 28.7. The molecule has 0 aromatic carbocycles. The quantitative estimate of drug-likeness (QED) is 0.120. The highest BCUT2D eigenvalue weighted by molar-refractivity contribution is 5.95. The maximum Gasteiger partial charge on any atom is 0.326 e. The van der Waals surface area contributed by atoms with Gasteiger partial charge in [0.1, 0.15) is 18.1 Å². The predicted molar refractivity (Wildman–Crippen MR) is 109 cm³/mol. The number of hydrogen-bond acceptors (Lipinski definition) is 8. The van der Waals surface area contributed by atoms with Crippen LogP contribution < -0.4 is 27.4 Å². The van der Waals surface area contributed by atoms with Crippen molar-refractivity contribution in [2.24, 2.45) is 17.4 Å². The summed E-state index contributed by atoms with van der Waals surface area (Å²) in [6, 6.07) is -5.61. The zero-order chi connectivity index (χ0) is 25.0. The molecule has 14 heteroatoms. The van der Waals surface area contributed by atoms with Gasteiger partial charge >= 0.3 is 11.9 Å². The highest BCUT2D eigenvalue weighted by Gasteiger charge is 2.33. The third-order valence-electron chi connectivity index (χ3n) is 4.63. The lowest BCUT2D eigenvalue weighted by molar-refractivity contribution is -0.144. The van der Waals surface area contributed by atoms with Crippen molar-refractivity contribution in [1.82, 2.24) is 16.0 Å². The summed E-state index contributed by atoms with van der Waals surface area (Å²) in [7, 11) is 0. The first-order valence-corrected chi connectivity index (χ1v) is 9.84. The summed E-state index contributed by atoms with van der Waals surface area (Å²) in [4.78, 5) is 70.0. The number of hydrogen-bond donors (Lipinski definition) is 8. The van der Waals surface area contributed by atoms with Gasteiger partial charge in [0.15, 0.2) is 0 Å². The van der Waals surface area contributed by atoms with Crippen LogP contribution >= 0.6 is 0 Å². The third-order valence-corrected chi connectivity index (χ3v) is 4.63. The van der Waals surface area contributed by atoms with E-state index in [2.05, 4.69) is 16.0 Å². The second-order valence-corrected chi connectivity index (χ2v) is 7.22. The Labute approximate surface area is 184 Å². The molecule has 0 rings (SSSR count). The molecule has 0 bridgehead atoms. The molecule has 0 fully saturated rings. The van der Waals surface area contributed by atoms with E-state index in [1.54, 1.807) is 13.8 Å². The van der Waals surface area contributed by atoms with Crippen LogP contribution in [-0.2, 0) is 28.8 Å². The van der Waals surface area contributed by atoms with Crippen LogP contribution in [0.1, 0.15) is 39.5 Å². The molecule has 182 valence electrons. The van der Waals surface area contributed by atoms with Crippen LogP contribution in [0.3, 0.4) is 0 Å². The smallest absolute Gasteiger partial charge is 0.326 e. The third kappa shape index (κ3) is 10.2. The molecule has 32 heavy (non-hydrogen) atoms. The molecule has 0 saturated carbocycles. The normalized spacial score (nSPS) is 15.4. The van der Waals surface area contributed by atoms with Gasteiger partial charge in [-0.3, -0.25) is 24.0 Å². The number of primary amides is 1. The Bertz CT molecular complexity index is 715. The molecule has 5 atom stereocenters. The Morgan fingerprint density at radius 1 is 0.906 bits per heavy atom. The predicted octanol–water partition coefficient (Wildman–Crippen LogP) is -3.37. The summed E-state index contributed by atoms with van der Waals surface area (Å²) in [6.07, 6.45) is -0.847. The van der Waals surface area contributed by atoms with Gasteiger partial charge in [0, 0.05) is 6.42 Å². The Kier molecular flexibility index (Phi) is 12.5. The number of carboxylic acid groups (broad SMARTS) is 2. The maximum atomic E-state index is 12.6. The summed E-state index contributed by atoms with van der Waals surface area (Å²) in [5.41, 5.74) is 10.5. The van der Waals surface area contributed by atoms with Crippen molar-refractivity contribution in [2.45, 2.75) is 63.7 Å². The lowest BCUT2D eigenvalue weighted by Crippen LogP contribution is -2.59. The van der Waals surface area contributed by atoms with Crippen molar-refractivity contribution in [3.05, 3.63) is 0 Å². The van der Waals surface area contributed by atoms with Crippen molar-refractivity contribution >= 4 is 35.6 Å². The number of aliphatic carboxylic acids is 2. The van der Waals surface area contributed by atoms with Gasteiger partial charge in [0.25, 0.3) is 0 Å². The number of rotatable bonds is 15. The van der Waals surface area contributed by atoms with Gasteiger partial charge in [0.05, 0.1) is 19.1 Å². The lowest BCUT2D eigenvalue weighted by atomic mass is 9.97. The Morgan fingerprint density at radius 3 is 1.91 bits per heavy atom. The number of amides is 4. The fourth-order valence-corrected chi connectivity index (χ4v) is 2.50. The maximum absolute atomic E-state index is 12.6. The van der Waals surface area contributed by atoms with Crippen LogP contribution in [0.15, 0.2) is 0 Å². The molecule has 0 aliphatic carbocycles. The van der Waals surface area contributed by atoms with E-state index in [0.717, 1.165) is 0 Å². The van der Waals surface area contributed by atoms with Gasteiger partial charge in [-0.05, 0) is 12.3 Å². The molecule has 0 spiro atoms. The molecule has 5 unspecified atom stereocenters. The highest BCUT2D eigenvalue weighted by atomic mass is 16.4. The molecule has 0 aromatic heterocycles. The molecule has 0 aliphatic heterocycles. The average molecular weight is 461 g/mol. The number of carboxylic acids is 2. The number of aliphatic hydroxyl groups is 1. The summed E-state index contributed by atoms with van der Waals surface area (Å²) in [5.74, 6) is -6.84. The molecular formula is C18H31N5O9. The first-order chi connectivity index (χ1) is 14.8. The molecule has 0 saturated heterocycles. The van der Waals surface area contributed by atoms with Crippen molar-refractivity contribution in [1.29, 1.82) is 0 Å². The van der Waals surface area contributed by atoms with Crippen LogP contribution in [0.4, 0.5) is 0 Å². The van der Waals surface area contributed by atoms with Crippen LogP contribution in [0.5, 0.6) is 0 Å².